The summed E-state index contributed by atoms with van der Waals surface area (Å²) in [5, 5.41) is 7.82. The summed E-state index contributed by atoms with van der Waals surface area (Å²) in [5.41, 5.74) is 7.77. The molecule has 1 saturated carbocycles. The standard InChI is InChI=1S/C11H20N4/c1-7-9(12)10(15(4)14-7)13-11(2,3)8-5-6-8/h8,13H,5-6,12H2,1-4H3. The van der Waals surface area contributed by atoms with Gasteiger partial charge in [-0.1, -0.05) is 0 Å². The minimum Gasteiger partial charge on any atom is -0.394 e. The van der Waals surface area contributed by atoms with E-state index in [1.54, 1.807) is 0 Å². The first-order valence-corrected chi connectivity index (χ1v) is 5.49. The van der Waals surface area contributed by atoms with Gasteiger partial charge in [0.25, 0.3) is 0 Å². The lowest BCUT2D eigenvalue weighted by molar-refractivity contribution is 0.488. The van der Waals surface area contributed by atoms with Crippen molar-refractivity contribution >= 4 is 11.5 Å². The van der Waals surface area contributed by atoms with Crippen molar-refractivity contribution in [3.05, 3.63) is 5.69 Å². The third kappa shape index (κ3) is 1.80. The van der Waals surface area contributed by atoms with Crippen LogP contribution in [0.4, 0.5) is 11.5 Å². The molecular formula is C11H20N4. The maximum absolute atomic E-state index is 5.99. The van der Waals surface area contributed by atoms with E-state index >= 15 is 0 Å². The van der Waals surface area contributed by atoms with Crippen LogP contribution in [0.2, 0.25) is 0 Å². The summed E-state index contributed by atoms with van der Waals surface area (Å²) in [6, 6.07) is 0. The first-order chi connectivity index (χ1) is 6.92. The zero-order valence-corrected chi connectivity index (χ0v) is 9.96. The van der Waals surface area contributed by atoms with Crippen LogP contribution in [0.5, 0.6) is 0 Å². The highest BCUT2D eigenvalue weighted by Gasteiger charge is 2.38. The second-order valence-electron chi connectivity index (χ2n) is 5.09. The summed E-state index contributed by atoms with van der Waals surface area (Å²) in [7, 11) is 1.93. The molecule has 0 radical (unpaired) electrons. The average Bonchev–Trinajstić information content (AvgIpc) is 2.92. The Hall–Kier alpha value is -1.19. The Balaban J connectivity index is 2.23. The van der Waals surface area contributed by atoms with Gasteiger partial charge in [-0.05, 0) is 39.5 Å². The maximum atomic E-state index is 5.99. The fraction of sp³-hybridized carbons (Fsp3) is 0.727. The van der Waals surface area contributed by atoms with Gasteiger partial charge in [0.05, 0.1) is 11.4 Å². The van der Waals surface area contributed by atoms with Crippen LogP contribution in [0.25, 0.3) is 0 Å². The van der Waals surface area contributed by atoms with Gasteiger partial charge in [0.2, 0.25) is 0 Å². The molecule has 1 aliphatic carbocycles. The van der Waals surface area contributed by atoms with Crippen LogP contribution < -0.4 is 11.1 Å². The van der Waals surface area contributed by atoms with Crippen molar-refractivity contribution in [1.29, 1.82) is 0 Å². The number of nitrogen functional groups attached to an aromatic ring is 1. The summed E-state index contributed by atoms with van der Waals surface area (Å²) in [6.07, 6.45) is 2.63. The smallest absolute Gasteiger partial charge is 0.148 e. The number of nitrogens with one attached hydrogen (secondary N) is 1. The third-order valence-corrected chi connectivity index (χ3v) is 3.31. The molecule has 0 bridgehead atoms. The van der Waals surface area contributed by atoms with Crippen LogP contribution in [0.1, 0.15) is 32.4 Å². The number of rotatable bonds is 3. The van der Waals surface area contributed by atoms with Crippen LogP contribution in [-0.2, 0) is 7.05 Å². The van der Waals surface area contributed by atoms with E-state index in [-0.39, 0.29) is 5.54 Å². The van der Waals surface area contributed by atoms with Gasteiger partial charge in [-0.25, -0.2) is 0 Å². The normalized spacial score (nSPS) is 16.8. The molecule has 1 aromatic rings. The highest BCUT2D eigenvalue weighted by atomic mass is 15.3. The molecule has 4 nitrogen and oxygen atoms in total. The monoisotopic (exact) mass is 208 g/mol. The van der Waals surface area contributed by atoms with Crippen LogP contribution in [0.3, 0.4) is 0 Å². The van der Waals surface area contributed by atoms with Crippen molar-refractivity contribution in [2.75, 3.05) is 11.1 Å². The summed E-state index contributed by atoms with van der Waals surface area (Å²) < 4.78 is 1.83. The number of aryl methyl sites for hydroxylation is 2. The van der Waals surface area contributed by atoms with E-state index in [1.807, 2.05) is 18.7 Å². The molecule has 1 aromatic heterocycles. The fourth-order valence-electron chi connectivity index (χ4n) is 2.04. The van der Waals surface area contributed by atoms with Crippen molar-refractivity contribution in [2.24, 2.45) is 13.0 Å². The van der Waals surface area contributed by atoms with Gasteiger partial charge >= 0.3 is 0 Å². The van der Waals surface area contributed by atoms with Crippen molar-refractivity contribution < 1.29 is 0 Å². The van der Waals surface area contributed by atoms with E-state index in [4.69, 9.17) is 5.73 Å². The number of nitrogens with two attached hydrogens (primary N) is 1. The van der Waals surface area contributed by atoms with E-state index in [1.165, 1.54) is 12.8 Å². The zero-order valence-electron chi connectivity index (χ0n) is 9.96. The van der Waals surface area contributed by atoms with E-state index in [0.717, 1.165) is 23.1 Å². The van der Waals surface area contributed by atoms with Crippen LogP contribution in [0, 0.1) is 12.8 Å². The highest BCUT2D eigenvalue weighted by Crippen LogP contribution is 2.41. The number of anilines is 2. The van der Waals surface area contributed by atoms with Gasteiger partial charge in [0.15, 0.2) is 0 Å². The predicted molar refractivity (Wildman–Crippen MR) is 62.8 cm³/mol. The Morgan fingerprint density at radius 1 is 1.47 bits per heavy atom. The van der Waals surface area contributed by atoms with Gasteiger partial charge in [-0.15, -0.1) is 0 Å². The molecule has 0 aliphatic heterocycles. The first-order valence-electron chi connectivity index (χ1n) is 5.49. The summed E-state index contributed by atoms with van der Waals surface area (Å²) >= 11 is 0. The van der Waals surface area contributed by atoms with Gasteiger partial charge in [0, 0.05) is 12.6 Å². The Bertz CT molecular complexity index is 374. The maximum Gasteiger partial charge on any atom is 0.148 e. The van der Waals surface area contributed by atoms with Gasteiger partial charge in [-0.2, -0.15) is 5.10 Å². The average molecular weight is 208 g/mol. The van der Waals surface area contributed by atoms with E-state index in [9.17, 15) is 0 Å². The Labute approximate surface area is 90.8 Å². The third-order valence-electron chi connectivity index (χ3n) is 3.31. The van der Waals surface area contributed by atoms with E-state index in [2.05, 4.69) is 24.3 Å². The van der Waals surface area contributed by atoms with Crippen LogP contribution in [-0.4, -0.2) is 15.3 Å². The number of aromatic nitrogens is 2. The summed E-state index contributed by atoms with van der Waals surface area (Å²) in [4.78, 5) is 0. The quantitative estimate of drug-likeness (QED) is 0.797. The topological polar surface area (TPSA) is 55.9 Å². The molecule has 15 heavy (non-hydrogen) atoms. The van der Waals surface area contributed by atoms with Gasteiger partial charge in [0.1, 0.15) is 5.82 Å². The zero-order chi connectivity index (χ0) is 11.2. The van der Waals surface area contributed by atoms with E-state index in [0.29, 0.717) is 0 Å². The molecule has 3 N–H and O–H groups in total. The molecule has 0 aromatic carbocycles. The van der Waals surface area contributed by atoms with Crippen molar-refractivity contribution in [1.82, 2.24) is 9.78 Å². The minimum absolute atomic E-state index is 0.119. The molecule has 84 valence electrons. The Kier molecular flexibility index (Phi) is 2.17. The van der Waals surface area contributed by atoms with E-state index < -0.39 is 0 Å². The second kappa shape index (κ2) is 3.15. The van der Waals surface area contributed by atoms with Crippen molar-refractivity contribution in [3.8, 4) is 0 Å². The van der Waals surface area contributed by atoms with Crippen molar-refractivity contribution in [3.63, 3.8) is 0 Å². The molecule has 0 amide bonds. The molecule has 0 unspecified atom stereocenters. The highest BCUT2D eigenvalue weighted by molar-refractivity contribution is 5.65. The summed E-state index contributed by atoms with van der Waals surface area (Å²) in [6.45, 7) is 6.39. The molecule has 4 heteroatoms. The second-order valence-corrected chi connectivity index (χ2v) is 5.09. The molecular weight excluding hydrogens is 188 g/mol. The minimum atomic E-state index is 0.119. The fourth-order valence-corrected chi connectivity index (χ4v) is 2.04. The number of hydrogen-bond acceptors (Lipinski definition) is 3. The Morgan fingerprint density at radius 2 is 2.07 bits per heavy atom. The lowest BCUT2D eigenvalue weighted by atomic mass is 9.99. The first kappa shape index (κ1) is 10.3. The Morgan fingerprint density at radius 3 is 2.47 bits per heavy atom. The molecule has 0 atom stereocenters. The van der Waals surface area contributed by atoms with Crippen LogP contribution >= 0.6 is 0 Å². The van der Waals surface area contributed by atoms with Crippen LogP contribution in [0.15, 0.2) is 0 Å². The van der Waals surface area contributed by atoms with Gasteiger partial charge in [-0.3, -0.25) is 4.68 Å². The van der Waals surface area contributed by atoms with Crippen molar-refractivity contribution in [2.45, 2.75) is 39.2 Å². The SMILES string of the molecule is Cc1nn(C)c(NC(C)(C)C2CC2)c1N. The molecule has 2 rings (SSSR count). The summed E-state index contributed by atoms with van der Waals surface area (Å²) in [5.74, 6) is 1.72. The molecule has 0 spiro atoms. The largest absolute Gasteiger partial charge is 0.394 e. The lowest BCUT2D eigenvalue weighted by Gasteiger charge is -2.27. The molecule has 1 heterocycles. The molecule has 0 saturated heterocycles. The molecule has 1 fully saturated rings. The number of hydrogen-bond donors (Lipinski definition) is 2. The van der Waals surface area contributed by atoms with Gasteiger partial charge < -0.3 is 11.1 Å². The predicted octanol–water partition coefficient (Wildman–Crippen LogP) is 1.91. The lowest BCUT2D eigenvalue weighted by Crippen LogP contribution is -2.34. The number of nitrogens with zero attached hydrogens (tertiary/aromatic N) is 2. The molecule has 1 aliphatic rings.